The maximum absolute atomic E-state index is 10.5. The topological polar surface area (TPSA) is 133 Å². The minimum absolute atomic E-state index is 0.110. The number of pyridine rings is 1. The van der Waals surface area contributed by atoms with E-state index in [1.54, 1.807) is 24.3 Å². The molecule has 9 nitrogen and oxygen atoms in total. The number of ether oxygens (including phenoxy) is 1. The Balaban J connectivity index is 2.00. The predicted octanol–water partition coefficient (Wildman–Crippen LogP) is 1.78. The van der Waals surface area contributed by atoms with Crippen LogP contribution in [0, 0.1) is 10.1 Å². The van der Waals surface area contributed by atoms with Gasteiger partial charge in [0.15, 0.2) is 0 Å². The molecule has 0 radical (unpaired) electrons. The average Bonchev–Trinajstić information content (AvgIpc) is 2.49. The highest BCUT2D eigenvalue weighted by molar-refractivity contribution is 5.81. The van der Waals surface area contributed by atoms with Gasteiger partial charge < -0.3 is 10.5 Å². The lowest BCUT2D eigenvalue weighted by Crippen LogP contribution is -2.24. The van der Waals surface area contributed by atoms with Crippen LogP contribution in [0.25, 0.3) is 0 Å². The molecule has 0 fully saturated rings. The number of primary amides is 1. The molecule has 0 aliphatic heterocycles. The molecule has 3 N–H and O–H groups in total. The molecule has 1 heterocycles. The number of carbonyl (C=O) groups excluding carboxylic acids is 1. The van der Waals surface area contributed by atoms with Gasteiger partial charge in [-0.2, -0.15) is 5.10 Å². The Morgan fingerprint density at radius 2 is 2.05 bits per heavy atom. The highest BCUT2D eigenvalue weighted by Crippen LogP contribution is 2.21. The molecule has 9 heteroatoms. The molecule has 2 aromatic rings. The summed E-state index contributed by atoms with van der Waals surface area (Å²) >= 11 is 0. The zero-order valence-electron chi connectivity index (χ0n) is 11.2. The molecule has 2 rings (SSSR count). The zero-order chi connectivity index (χ0) is 15.9. The fourth-order valence-electron chi connectivity index (χ4n) is 1.45. The van der Waals surface area contributed by atoms with Crippen molar-refractivity contribution in [2.24, 2.45) is 10.8 Å². The Morgan fingerprint density at radius 3 is 2.59 bits per heavy atom. The van der Waals surface area contributed by atoms with Gasteiger partial charge in [-0.25, -0.2) is 15.2 Å². The first-order valence-electron chi connectivity index (χ1n) is 6.01. The number of nitrogens with zero attached hydrogens (tertiary/aromatic N) is 3. The highest BCUT2D eigenvalue weighted by Gasteiger charge is 2.06. The monoisotopic (exact) mass is 301 g/mol. The minimum Gasteiger partial charge on any atom is -0.439 e. The summed E-state index contributed by atoms with van der Waals surface area (Å²) in [7, 11) is 0. The summed E-state index contributed by atoms with van der Waals surface area (Å²) in [5.41, 5.74) is 7.55. The second-order valence-electron chi connectivity index (χ2n) is 4.02. The number of hydrogen-bond acceptors (Lipinski definition) is 6. The van der Waals surface area contributed by atoms with Crippen LogP contribution in [0.3, 0.4) is 0 Å². The average molecular weight is 301 g/mol. The summed E-state index contributed by atoms with van der Waals surface area (Å²) in [5, 5.41) is 14.1. The van der Waals surface area contributed by atoms with Gasteiger partial charge in [0, 0.05) is 12.1 Å². The van der Waals surface area contributed by atoms with Crippen molar-refractivity contribution in [2.45, 2.75) is 0 Å². The molecule has 0 atom stereocenters. The van der Waals surface area contributed by atoms with Crippen LogP contribution in [-0.4, -0.2) is 22.2 Å². The fourth-order valence-corrected chi connectivity index (χ4v) is 1.45. The van der Waals surface area contributed by atoms with Gasteiger partial charge in [0.2, 0.25) is 5.88 Å². The lowest BCUT2D eigenvalue weighted by atomic mass is 10.2. The third-order valence-corrected chi connectivity index (χ3v) is 2.42. The van der Waals surface area contributed by atoms with E-state index in [0.717, 1.165) is 11.8 Å². The van der Waals surface area contributed by atoms with E-state index in [-0.39, 0.29) is 11.6 Å². The molecule has 0 saturated carbocycles. The van der Waals surface area contributed by atoms with Crippen LogP contribution in [0.2, 0.25) is 0 Å². The maximum atomic E-state index is 10.5. The largest absolute Gasteiger partial charge is 0.439 e. The van der Waals surface area contributed by atoms with Crippen LogP contribution < -0.4 is 15.9 Å². The van der Waals surface area contributed by atoms with Crippen molar-refractivity contribution in [1.82, 2.24) is 10.4 Å². The van der Waals surface area contributed by atoms with Gasteiger partial charge in [-0.3, -0.25) is 10.1 Å². The summed E-state index contributed by atoms with van der Waals surface area (Å²) in [5.74, 6) is 0.740. The Kier molecular flexibility index (Phi) is 4.60. The van der Waals surface area contributed by atoms with E-state index in [9.17, 15) is 14.9 Å². The standard InChI is InChI=1S/C13H11N5O4/c14-13(19)17-16-7-9-1-4-11(5-2-9)22-12-6-3-10(8-15-12)18(20)21/h1-8H,(H3,14,17,19)/b16-7-. The number of amides is 2. The van der Waals surface area contributed by atoms with Gasteiger partial charge in [-0.15, -0.1) is 0 Å². The van der Waals surface area contributed by atoms with Crippen molar-refractivity contribution in [1.29, 1.82) is 0 Å². The van der Waals surface area contributed by atoms with E-state index in [0.29, 0.717) is 5.75 Å². The number of hydrazone groups is 1. The summed E-state index contributed by atoms with van der Waals surface area (Å²) in [4.78, 5) is 24.3. The minimum atomic E-state index is -0.750. The van der Waals surface area contributed by atoms with Gasteiger partial charge in [-0.05, 0) is 29.8 Å². The first kappa shape index (κ1) is 14.9. The third-order valence-electron chi connectivity index (χ3n) is 2.42. The van der Waals surface area contributed by atoms with Gasteiger partial charge in [0.05, 0.1) is 11.1 Å². The van der Waals surface area contributed by atoms with Gasteiger partial charge in [0.25, 0.3) is 5.69 Å². The quantitative estimate of drug-likeness (QED) is 0.493. The number of nitrogens with two attached hydrogens (primary N) is 1. The van der Waals surface area contributed by atoms with Crippen molar-refractivity contribution in [3.05, 3.63) is 58.3 Å². The van der Waals surface area contributed by atoms with E-state index >= 15 is 0 Å². The zero-order valence-corrected chi connectivity index (χ0v) is 11.2. The summed E-state index contributed by atoms with van der Waals surface area (Å²) in [6.45, 7) is 0. The van der Waals surface area contributed by atoms with E-state index < -0.39 is 11.0 Å². The molecular weight excluding hydrogens is 290 g/mol. The number of nitro groups is 1. The summed E-state index contributed by atoms with van der Waals surface area (Å²) < 4.78 is 5.44. The van der Waals surface area contributed by atoms with Gasteiger partial charge in [0.1, 0.15) is 11.9 Å². The molecule has 2 amide bonds. The number of hydrogen-bond donors (Lipinski definition) is 2. The molecule has 0 spiro atoms. The smallest absolute Gasteiger partial charge is 0.332 e. The van der Waals surface area contributed by atoms with Crippen molar-refractivity contribution in [2.75, 3.05) is 0 Å². The summed E-state index contributed by atoms with van der Waals surface area (Å²) in [6, 6.07) is 8.69. The second-order valence-corrected chi connectivity index (χ2v) is 4.02. The second kappa shape index (κ2) is 6.79. The Morgan fingerprint density at radius 1 is 1.32 bits per heavy atom. The molecular formula is C13H11N5O4. The molecule has 0 aliphatic carbocycles. The molecule has 112 valence electrons. The number of nitrogens with one attached hydrogen (secondary N) is 1. The Labute approximate surface area is 124 Å². The molecule has 0 unspecified atom stereocenters. The van der Waals surface area contributed by atoms with E-state index in [1.807, 2.05) is 0 Å². The first-order valence-corrected chi connectivity index (χ1v) is 6.01. The molecule has 1 aromatic heterocycles. The Hall–Kier alpha value is -3.49. The fraction of sp³-hybridized carbons (Fsp3) is 0. The predicted molar refractivity (Wildman–Crippen MR) is 77.7 cm³/mol. The van der Waals surface area contributed by atoms with Crippen LogP contribution >= 0.6 is 0 Å². The Bertz CT molecular complexity index is 697. The van der Waals surface area contributed by atoms with Crippen LogP contribution in [0.4, 0.5) is 10.5 Å². The number of carbonyl (C=O) groups is 1. The van der Waals surface area contributed by atoms with E-state index in [2.05, 4.69) is 15.5 Å². The third kappa shape index (κ3) is 4.27. The SMILES string of the molecule is NC(=O)N/N=C\c1ccc(Oc2ccc([N+](=O)[O-])cn2)cc1. The van der Waals surface area contributed by atoms with Gasteiger partial charge in [-0.1, -0.05) is 0 Å². The van der Waals surface area contributed by atoms with Crippen LogP contribution in [0.15, 0.2) is 47.7 Å². The number of aromatic nitrogens is 1. The van der Waals surface area contributed by atoms with Crippen molar-refractivity contribution in [3.63, 3.8) is 0 Å². The van der Waals surface area contributed by atoms with Crippen molar-refractivity contribution >= 4 is 17.9 Å². The van der Waals surface area contributed by atoms with Crippen LogP contribution in [0.5, 0.6) is 11.6 Å². The molecule has 22 heavy (non-hydrogen) atoms. The van der Waals surface area contributed by atoms with E-state index in [4.69, 9.17) is 10.5 Å². The molecule has 0 aliphatic rings. The molecule has 0 saturated heterocycles. The van der Waals surface area contributed by atoms with Crippen molar-refractivity contribution in [3.8, 4) is 11.6 Å². The molecule has 0 bridgehead atoms. The first-order chi connectivity index (χ1) is 10.5. The highest BCUT2D eigenvalue weighted by atomic mass is 16.6. The maximum Gasteiger partial charge on any atom is 0.332 e. The van der Waals surface area contributed by atoms with E-state index in [1.165, 1.54) is 18.3 Å². The van der Waals surface area contributed by atoms with Crippen LogP contribution in [0.1, 0.15) is 5.56 Å². The van der Waals surface area contributed by atoms with Crippen molar-refractivity contribution < 1.29 is 14.5 Å². The summed E-state index contributed by atoms with van der Waals surface area (Å²) in [6.07, 6.45) is 2.53. The number of rotatable bonds is 5. The normalized spacial score (nSPS) is 10.4. The number of benzene rings is 1. The lowest BCUT2D eigenvalue weighted by molar-refractivity contribution is -0.385. The van der Waals surface area contributed by atoms with Crippen LogP contribution in [-0.2, 0) is 0 Å². The molecule has 1 aromatic carbocycles. The van der Waals surface area contributed by atoms with Gasteiger partial charge >= 0.3 is 6.03 Å². The number of urea groups is 1. The lowest BCUT2D eigenvalue weighted by Gasteiger charge is -2.04.